The van der Waals surface area contributed by atoms with Crippen LogP contribution in [0.2, 0.25) is 0 Å². The van der Waals surface area contributed by atoms with E-state index < -0.39 is 17.7 Å². The van der Waals surface area contributed by atoms with E-state index in [9.17, 15) is 9.59 Å². The van der Waals surface area contributed by atoms with Crippen molar-refractivity contribution >= 4 is 11.9 Å². The number of hydrogen-bond acceptors (Lipinski definition) is 4. The van der Waals surface area contributed by atoms with E-state index in [-0.39, 0.29) is 12.3 Å². The molecule has 0 aromatic heterocycles. The quantitative estimate of drug-likeness (QED) is 0.513. The SMILES string of the molecule is CCCC(C)C1(C)OC(=O)CC(=O)O1. The first-order chi connectivity index (χ1) is 6.48. The van der Waals surface area contributed by atoms with E-state index >= 15 is 0 Å². The van der Waals surface area contributed by atoms with Gasteiger partial charge in [-0.3, -0.25) is 9.59 Å². The maximum Gasteiger partial charge on any atom is 0.320 e. The third-order valence-electron chi connectivity index (χ3n) is 2.54. The molecule has 4 nitrogen and oxygen atoms in total. The van der Waals surface area contributed by atoms with Gasteiger partial charge in [0, 0.05) is 12.8 Å². The number of carbonyl (C=O) groups is 2. The minimum atomic E-state index is -1.07. The Kier molecular flexibility index (Phi) is 3.13. The molecule has 0 amide bonds. The number of esters is 2. The van der Waals surface area contributed by atoms with Crippen LogP contribution in [0.1, 0.15) is 40.0 Å². The van der Waals surface area contributed by atoms with E-state index in [1.54, 1.807) is 6.92 Å². The van der Waals surface area contributed by atoms with Crippen LogP contribution in [0.15, 0.2) is 0 Å². The van der Waals surface area contributed by atoms with Gasteiger partial charge in [0.25, 0.3) is 5.79 Å². The molecule has 0 aromatic rings. The van der Waals surface area contributed by atoms with Crippen LogP contribution in [0.25, 0.3) is 0 Å². The van der Waals surface area contributed by atoms with Crippen LogP contribution < -0.4 is 0 Å². The van der Waals surface area contributed by atoms with E-state index in [2.05, 4.69) is 0 Å². The van der Waals surface area contributed by atoms with Gasteiger partial charge in [-0.15, -0.1) is 0 Å². The van der Waals surface area contributed by atoms with Crippen LogP contribution in [-0.4, -0.2) is 17.7 Å². The van der Waals surface area contributed by atoms with Gasteiger partial charge in [0.1, 0.15) is 6.42 Å². The monoisotopic (exact) mass is 200 g/mol. The van der Waals surface area contributed by atoms with Crippen LogP contribution in [0.4, 0.5) is 0 Å². The summed E-state index contributed by atoms with van der Waals surface area (Å²) in [5, 5.41) is 0. The molecule has 1 saturated heterocycles. The summed E-state index contributed by atoms with van der Waals surface area (Å²) in [4.78, 5) is 22.1. The first-order valence-electron chi connectivity index (χ1n) is 4.91. The van der Waals surface area contributed by atoms with Crippen molar-refractivity contribution in [3.8, 4) is 0 Å². The lowest BCUT2D eigenvalue weighted by atomic mass is 9.96. The van der Waals surface area contributed by atoms with Crippen molar-refractivity contribution in [1.82, 2.24) is 0 Å². The molecule has 0 radical (unpaired) electrons. The summed E-state index contributed by atoms with van der Waals surface area (Å²) in [5.41, 5.74) is 0. The van der Waals surface area contributed by atoms with Crippen molar-refractivity contribution in [1.29, 1.82) is 0 Å². The molecular formula is C10H16O4. The predicted molar refractivity (Wildman–Crippen MR) is 49.3 cm³/mol. The molecule has 0 bridgehead atoms. The molecule has 1 aliphatic heterocycles. The van der Waals surface area contributed by atoms with Gasteiger partial charge in [-0.2, -0.15) is 0 Å². The highest BCUT2D eigenvalue weighted by Gasteiger charge is 2.43. The molecule has 0 aliphatic carbocycles. The Balaban J connectivity index is 2.71. The third-order valence-corrected chi connectivity index (χ3v) is 2.54. The van der Waals surface area contributed by atoms with Gasteiger partial charge in [0.2, 0.25) is 0 Å². The Labute approximate surface area is 83.6 Å². The Morgan fingerprint density at radius 2 is 1.86 bits per heavy atom. The van der Waals surface area contributed by atoms with E-state index in [4.69, 9.17) is 9.47 Å². The predicted octanol–water partition coefficient (Wildman–Crippen LogP) is 1.63. The molecule has 1 atom stereocenters. The zero-order chi connectivity index (χ0) is 10.8. The second-order valence-electron chi connectivity index (χ2n) is 3.83. The second-order valence-corrected chi connectivity index (χ2v) is 3.83. The van der Waals surface area contributed by atoms with Crippen molar-refractivity contribution in [3.63, 3.8) is 0 Å². The Bertz CT molecular complexity index is 231. The molecule has 14 heavy (non-hydrogen) atoms. The normalized spacial score (nSPS) is 22.5. The van der Waals surface area contributed by atoms with Gasteiger partial charge in [-0.25, -0.2) is 0 Å². The molecule has 1 aliphatic rings. The fourth-order valence-electron chi connectivity index (χ4n) is 1.56. The van der Waals surface area contributed by atoms with E-state index in [1.165, 1.54) is 0 Å². The summed E-state index contributed by atoms with van der Waals surface area (Å²) < 4.78 is 10.2. The lowest BCUT2D eigenvalue weighted by molar-refractivity contribution is -0.253. The summed E-state index contributed by atoms with van der Waals surface area (Å²) in [6.45, 7) is 5.59. The van der Waals surface area contributed by atoms with E-state index in [0.717, 1.165) is 12.8 Å². The summed E-state index contributed by atoms with van der Waals surface area (Å²) in [5.74, 6) is -2.03. The van der Waals surface area contributed by atoms with Gasteiger partial charge >= 0.3 is 11.9 Å². The fraction of sp³-hybridized carbons (Fsp3) is 0.800. The Morgan fingerprint density at radius 1 is 1.36 bits per heavy atom. The van der Waals surface area contributed by atoms with Gasteiger partial charge in [-0.05, 0) is 6.42 Å². The Morgan fingerprint density at radius 3 is 2.29 bits per heavy atom. The fourth-order valence-corrected chi connectivity index (χ4v) is 1.56. The minimum Gasteiger partial charge on any atom is -0.422 e. The van der Waals surface area contributed by atoms with Crippen molar-refractivity contribution < 1.29 is 19.1 Å². The molecule has 80 valence electrons. The van der Waals surface area contributed by atoms with Crippen molar-refractivity contribution in [2.75, 3.05) is 0 Å². The highest BCUT2D eigenvalue weighted by Crippen LogP contribution is 2.30. The number of cyclic esters (lactones) is 2. The van der Waals surface area contributed by atoms with Crippen molar-refractivity contribution in [2.45, 2.75) is 45.8 Å². The summed E-state index contributed by atoms with van der Waals surface area (Å²) >= 11 is 0. The average Bonchev–Trinajstić information content (AvgIpc) is 2.01. The number of carbonyl (C=O) groups excluding carboxylic acids is 2. The Hall–Kier alpha value is -1.06. The summed E-state index contributed by atoms with van der Waals surface area (Å²) in [6, 6.07) is 0. The lowest BCUT2D eigenvalue weighted by Crippen LogP contribution is -2.47. The molecule has 1 rings (SSSR count). The number of ether oxygens (including phenoxy) is 2. The maximum atomic E-state index is 11.1. The molecule has 1 heterocycles. The standard InChI is InChI=1S/C10H16O4/c1-4-5-7(2)10(3)13-8(11)6-9(12)14-10/h7H,4-6H2,1-3H3. The van der Waals surface area contributed by atoms with Gasteiger partial charge in [0.15, 0.2) is 0 Å². The lowest BCUT2D eigenvalue weighted by Gasteiger charge is -2.36. The molecule has 1 fully saturated rings. The molecular weight excluding hydrogens is 184 g/mol. The van der Waals surface area contributed by atoms with Gasteiger partial charge in [-0.1, -0.05) is 20.3 Å². The maximum absolute atomic E-state index is 11.1. The molecule has 0 N–H and O–H groups in total. The van der Waals surface area contributed by atoms with Crippen molar-refractivity contribution in [3.05, 3.63) is 0 Å². The number of hydrogen-bond donors (Lipinski definition) is 0. The van der Waals surface area contributed by atoms with Crippen LogP contribution >= 0.6 is 0 Å². The van der Waals surface area contributed by atoms with E-state index in [1.807, 2.05) is 13.8 Å². The molecule has 1 unspecified atom stereocenters. The molecule has 0 aromatic carbocycles. The third kappa shape index (κ3) is 2.25. The van der Waals surface area contributed by atoms with Crippen LogP contribution in [-0.2, 0) is 19.1 Å². The van der Waals surface area contributed by atoms with Crippen LogP contribution in [0, 0.1) is 5.92 Å². The summed E-state index contributed by atoms with van der Waals surface area (Å²) in [7, 11) is 0. The van der Waals surface area contributed by atoms with E-state index in [0.29, 0.717) is 0 Å². The first-order valence-corrected chi connectivity index (χ1v) is 4.91. The summed E-state index contributed by atoms with van der Waals surface area (Å²) in [6.07, 6.45) is 1.55. The zero-order valence-corrected chi connectivity index (χ0v) is 8.83. The zero-order valence-electron chi connectivity index (χ0n) is 8.83. The van der Waals surface area contributed by atoms with Crippen LogP contribution in [0.5, 0.6) is 0 Å². The average molecular weight is 200 g/mol. The highest BCUT2D eigenvalue weighted by atomic mass is 16.7. The topological polar surface area (TPSA) is 52.6 Å². The molecule has 0 spiro atoms. The van der Waals surface area contributed by atoms with Crippen LogP contribution in [0.3, 0.4) is 0 Å². The number of rotatable bonds is 3. The van der Waals surface area contributed by atoms with Gasteiger partial charge < -0.3 is 9.47 Å². The van der Waals surface area contributed by atoms with Crippen molar-refractivity contribution in [2.24, 2.45) is 5.92 Å². The first kappa shape index (κ1) is 11.0. The smallest absolute Gasteiger partial charge is 0.320 e. The largest absolute Gasteiger partial charge is 0.422 e. The second kappa shape index (κ2) is 3.98. The molecule has 4 heteroatoms. The molecule has 0 saturated carbocycles. The van der Waals surface area contributed by atoms with Gasteiger partial charge in [0.05, 0.1) is 0 Å². The minimum absolute atomic E-state index is 0.0284. The highest BCUT2D eigenvalue weighted by molar-refractivity contribution is 5.93.